The lowest BCUT2D eigenvalue weighted by molar-refractivity contribution is 0.307. The second kappa shape index (κ2) is 5.98. The minimum atomic E-state index is 0.634. The lowest BCUT2D eigenvalue weighted by Gasteiger charge is -2.14. The number of ether oxygens (including phenoxy) is 2. The number of hydrogen-bond acceptors (Lipinski definition) is 3. The lowest BCUT2D eigenvalue weighted by Crippen LogP contribution is -2.08. The van der Waals surface area contributed by atoms with Crippen LogP contribution in [0.4, 0.5) is 0 Å². The van der Waals surface area contributed by atoms with Gasteiger partial charge in [-0.25, -0.2) is 0 Å². The molecular formula is C11H16BrNO2. The first-order valence-corrected chi connectivity index (χ1v) is 5.66. The van der Waals surface area contributed by atoms with Crippen LogP contribution in [0.15, 0.2) is 16.6 Å². The summed E-state index contributed by atoms with van der Waals surface area (Å²) in [7, 11) is 3.55. The van der Waals surface area contributed by atoms with Crippen LogP contribution in [0, 0.1) is 0 Å². The van der Waals surface area contributed by atoms with E-state index in [1.54, 1.807) is 7.11 Å². The molecule has 84 valence electrons. The molecule has 15 heavy (non-hydrogen) atoms. The summed E-state index contributed by atoms with van der Waals surface area (Å²) in [4.78, 5) is 0. The van der Waals surface area contributed by atoms with Gasteiger partial charge in [0.25, 0.3) is 0 Å². The number of halogens is 1. The first-order valence-electron chi connectivity index (χ1n) is 4.86. The lowest BCUT2D eigenvalue weighted by atomic mass is 10.2. The van der Waals surface area contributed by atoms with Gasteiger partial charge >= 0.3 is 0 Å². The van der Waals surface area contributed by atoms with Crippen molar-refractivity contribution < 1.29 is 9.47 Å². The van der Waals surface area contributed by atoms with Crippen molar-refractivity contribution in [3.63, 3.8) is 0 Å². The molecule has 3 nitrogen and oxygen atoms in total. The number of nitrogens with one attached hydrogen (secondary N) is 1. The van der Waals surface area contributed by atoms with Crippen molar-refractivity contribution in [2.75, 3.05) is 20.8 Å². The van der Waals surface area contributed by atoms with Crippen LogP contribution in [0.25, 0.3) is 0 Å². The van der Waals surface area contributed by atoms with Crippen LogP contribution in [0.2, 0.25) is 0 Å². The molecule has 0 bridgehead atoms. The molecule has 0 aliphatic heterocycles. The predicted octanol–water partition coefficient (Wildman–Crippen LogP) is 2.58. The molecule has 1 aromatic carbocycles. The minimum Gasteiger partial charge on any atom is -0.493 e. The highest BCUT2D eigenvalue weighted by Crippen LogP contribution is 2.34. The molecule has 0 unspecified atom stereocenters. The van der Waals surface area contributed by atoms with Crippen LogP contribution >= 0.6 is 15.9 Å². The van der Waals surface area contributed by atoms with E-state index in [1.807, 2.05) is 26.1 Å². The van der Waals surface area contributed by atoms with Gasteiger partial charge in [0.2, 0.25) is 0 Å². The first-order chi connectivity index (χ1) is 7.22. The number of hydrogen-bond donors (Lipinski definition) is 1. The Labute approximate surface area is 98.9 Å². The average molecular weight is 274 g/mol. The largest absolute Gasteiger partial charge is 0.493 e. The molecular weight excluding hydrogens is 258 g/mol. The van der Waals surface area contributed by atoms with E-state index in [-0.39, 0.29) is 0 Å². The van der Waals surface area contributed by atoms with Gasteiger partial charge in [-0.1, -0.05) is 15.9 Å². The Morgan fingerprint density at radius 2 is 2.13 bits per heavy atom. The molecule has 0 saturated heterocycles. The monoisotopic (exact) mass is 273 g/mol. The number of benzene rings is 1. The number of methoxy groups -OCH3 is 1. The zero-order valence-corrected chi connectivity index (χ0v) is 10.8. The average Bonchev–Trinajstić information content (AvgIpc) is 2.22. The number of rotatable bonds is 5. The highest BCUT2D eigenvalue weighted by molar-refractivity contribution is 9.10. The topological polar surface area (TPSA) is 30.5 Å². The van der Waals surface area contributed by atoms with E-state index in [4.69, 9.17) is 9.47 Å². The first kappa shape index (κ1) is 12.3. The van der Waals surface area contributed by atoms with Crippen molar-refractivity contribution >= 4 is 15.9 Å². The summed E-state index contributed by atoms with van der Waals surface area (Å²) in [5, 5.41) is 3.10. The van der Waals surface area contributed by atoms with E-state index in [0.29, 0.717) is 6.61 Å². The second-order valence-corrected chi connectivity index (χ2v) is 3.98. The predicted molar refractivity (Wildman–Crippen MR) is 64.6 cm³/mol. The summed E-state index contributed by atoms with van der Waals surface area (Å²) in [6, 6.07) is 3.94. The van der Waals surface area contributed by atoms with E-state index < -0.39 is 0 Å². The Hall–Kier alpha value is -0.740. The summed E-state index contributed by atoms with van der Waals surface area (Å²) in [5.74, 6) is 1.58. The maximum atomic E-state index is 5.58. The smallest absolute Gasteiger partial charge is 0.165 e. The highest BCUT2D eigenvalue weighted by atomic mass is 79.9. The van der Waals surface area contributed by atoms with Gasteiger partial charge in [0.05, 0.1) is 13.7 Å². The fraction of sp³-hybridized carbons (Fsp3) is 0.455. The maximum absolute atomic E-state index is 5.58. The summed E-state index contributed by atoms with van der Waals surface area (Å²) in [6.45, 7) is 3.35. The molecule has 0 fully saturated rings. The highest BCUT2D eigenvalue weighted by Gasteiger charge is 2.11. The van der Waals surface area contributed by atoms with Crippen molar-refractivity contribution in [1.29, 1.82) is 0 Å². The molecule has 1 N–H and O–H groups in total. The molecule has 0 saturated carbocycles. The van der Waals surface area contributed by atoms with E-state index in [0.717, 1.165) is 28.1 Å². The molecule has 0 amide bonds. The van der Waals surface area contributed by atoms with Gasteiger partial charge in [0.1, 0.15) is 0 Å². The summed E-state index contributed by atoms with van der Waals surface area (Å²) in [6.07, 6.45) is 0. The van der Waals surface area contributed by atoms with Gasteiger partial charge < -0.3 is 14.8 Å². The quantitative estimate of drug-likeness (QED) is 0.895. The van der Waals surface area contributed by atoms with Crippen molar-refractivity contribution in [1.82, 2.24) is 5.32 Å². The van der Waals surface area contributed by atoms with Gasteiger partial charge in [-0.15, -0.1) is 0 Å². The minimum absolute atomic E-state index is 0.634. The van der Waals surface area contributed by atoms with Crippen molar-refractivity contribution in [2.45, 2.75) is 13.5 Å². The third-order valence-electron chi connectivity index (χ3n) is 1.97. The van der Waals surface area contributed by atoms with Crippen LogP contribution in [0.1, 0.15) is 12.5 Å². The third-order valence-corrected chi connectivity index (χ3v) is 2.43. The van der Waals surface area contributed by atoms with Crippen LogP contribution in [0.5, 0.6) is 11.5 Å². The molecule has 1 rings (SSSR count). The maximum Gasteiger partial charge on any atom is 0.165 e. The molecule has 0 spiro atoms. The van der Waals surface area contributed by atoms with E-state index in [9.17, 15) is 0 Å². The van der Waals surface area contributed by atoms with Crippen LogP contribution in [-0.4, -0.2) is 20.8 Å². The summed E-state index contributed by atoms with van der Waals surface area (Å²) < 4.78 is 11.9. The Morgan fingerprint density at radius 1 is 1.40 bits per heavy atom. The molecule has 0 atom stereocenters. The molecule has 0 heterocycles. The standard InChI is InChI=1S/C11H16BrNO2/c1-4-15-11-8(7-13-2)5-9(12)6-10(11)14-3/h5-6,13H,4,7H2,1-3H3. The van der Waals surface area contributed by atoms with Crippen molar-refractivity contribution in [2.24, 2.45) is 0 Å². The van der Waals surface area contributed by atoms with Crippen LogP contribution in [0.3, 0.4) is 0 Å². The zero-order chi connectivity index (χ0) is 11.3. The Bertz CT molecular complexity index is 329. The Morgan fingerprint density at radius 3 is 2.67 bits per heavy atom. The SMILES string of the molecule is CCOc1c(CNC)cc(Br)cc1OC. The van der Waals surface area contributed by atoms with Crippen LogP contribution < -0.4 is 14.8 Å². The van der Waals surface area contributed by atoms with Gasteiger partial charge in [0.15, 0.2) is 11.5 Å². The molecule has 0 aromatic heterocycles. The van der Waals surface area contributed by atoms with Gasteiger partial charge in [-0.05, 0) is 26.1 Å². The van der Waals surface area contributed by atoms with Gasteiger partial charge in [0, 0.05) is 16.6 Å². The molecule has 0 radical (unpaired) electrons. The van der Waals surface area contributed by atoms with E-state index in [2.05, 4.69) is 21.2 Å². The zero-order valence-electron chi connectivity index (χ0n) is 9.26. The molecule has 1 aromatic rings. The third kappa shape index (κ3) is 3.11. The Kier molecular flexibility index (Phi) is 4.91. The van der Waals surface area contributed by atoms with Crippen molar-refractivity contribution in [3.8, 4) is 11.5 Å². The Balaban J connectivity index is 3.14. The van der Waals surface area contributed by atoms with Crippen molar-refractivity contribution in [3.05, 3.63) is 22.2 Å². The van der Waals surface area contributed by atoms with Gasteiger partial charge in [-0.2, -0.15) is 0 Å². The molecule has 0 aliphatic carbocycles. The van der Waals surface area contributed by atoms with Crippen LogP contribution in [-0.2, 0) is 6.54 Å². The normalized spacial score (nSPS) is 10.1. The van der Waals surface area contributed by atoms with Gasteiger partial charge in [-0.3, -0.25) is 0 Å². The summed E-state index contributed by atoms with van der Waals surface area (Å²) >= 11 is 3.45. The second-order valence-electron chi connectivity index (χ2n) is 3.06. The van der Waals surface area contributed by atoms with E-state index in [1.165, 1.54) is 0 Å². The fourth-order valence-electron chi connectivity index (χ4n) is 1.40. The molecule has 4 heteroatoms. The fourth-order valence-corrected chi connectivity index (χ4v) is 1.89. The summed E-state index contributed by atoms with van der Waals surface area (Å²) in [5.41, 5.74) is 1.09. The molecule has 0 aliphatic rings. The van der Waals surface area contributed by atoms with E-state index >= 15 is 0 Å².